The quantitative estimate of drug-likeness (QED) is 0.291. The van der Waals surface area contributed by atoms with Gasteiger partial charge in [-0.2, -0.15) is 0 Å². The van der Waals surface area contributed by atoms with Gasteiger partial charge in [0.1, 0.15) is 0 Å². The summed E-state index contributed by atoms with van der Waals surface area (Å²) in [5.74, 6) is -0.555. The average molecular weight is 565 g/mol. The number of carbonyl (C=O) groups excluding carboxylic acids is 2. The zero-order valence-electron chi connectivity index (χ0n) is 25.0. The van der Waals surface area contributed by atoms with E-state index >= 15 is 0 Å². The summed E-state index contributed by atoms with van der Waals surface area (Å²) in [6, 6.07) is 10.3. The van der Waals surface area contributed by atoms with Crippen LogP contribution in [0.2, 0.25) is 0 Å². The number of nitrogens with zero attached hydrogens (tertiary/aromatic N) is 2. The molecular weight excluding hydrogens is 528 g/mol. The Bertz CT molecular complexity index is 1850. The highest BCUT2D eigenvalue weighted by molar-refractivity contribution is 5.96. The fourth-order valence-corrected chi connectivity index (χ4v) is 5.63. The maximum atomic E-state index is 12.1. The Balaban J connectivity index is 1.85. The summed E-state index contributed by atoms with van der Waals surface area (Å²) in [6.07, 6.45) is 3.29. The van der Waals surface area contributed by atoms with E-state index in [9.17, 15) is 9.59 Å². The van der Waals surface area contributed by atoms with Crippen LogP contribution < -0.4 is 0 Å². The standard InChI is InChI=1S/C34H36N4O4/c1-8-23-19(3)27-14-22-13-18(2)26(35-22)15-28-20(4)24(9-11-33(39)41-6)31(37-28)17-32-25(10-12-34(40)42-7)21(5)29(38-32)16-30(23)36-27/h8,13-17,35-36H,1,9-12H2,2-7H3. The summed E-state index contributed by atoms with van der Waals surface area (Å²) < 4.78 is 9.85. The van der Waals surface area contributed by atoms with Gasteiger partial charge in [-0.05, 0) is 104 Å². The fraction of sp³-hybridized carbons (Fsp3) is 0.294. The monoisotopic (exact) mass is 564 g/mol. The second-order valence-electron chi connectivity index (χ2n) is 10.7. The number of rotatable bonds is 7. The molecule has 3 aromatic heterocycles. The summed E-state index contributed by atoms with van der Waals surface area (Å²) in [4.78, 5) is 41.4. The summed E-state index contributed by atoms with van der Waals surface area (Å²) in [6.45, 7) is 12.3. The first kappa shape index (κ1) is 28.8. The lowest BCUT2D eigenvalue weighted by Crippen LogP contribution is -2.01. The van der Waals surface area contributed by atoms with Crippen molar-refractivity contribution in [1.82, 2.24) is 19.9 Å². The summed E-state index contributed by atoms with van der Waals surface area (Å²) in [5.41, 5.74) is 14.0. The van der Waals surface area contributed by atoms with Gasteiger partial charge in [-0.3, -0.25) is 9.59 Å². The maximum Gasteiger partial charge on any atom is 0.305 e. The van der Waals surface area contributed by atoms with Crippen LogP contribution in [0.1, 0.15) is 79.0 Å². The van der Waals surface area contributed by atoms with Gasteiger partial charge in [-0.15, -0.1) is 0 Å². The number of fused-ring (bicyclic) bond motifs is 8. The third kappa shape index (κ3) is 5.44. The minimum atomic E-state index is -0.280. The van der Waals surface area contributed by atoms with E-state index in [1.807, 2.05) is 32.1 Å². The zero-order chi connectivity index (χ0) is 30.1. The molecule has 8 bridgehead atoms. The molecule has 0 aromatic carbocycles. The molecule has 2 aliphatic rings. The van der Waals surface area contributed by atoms with E-state index in [0.717, 1.165) is 83.8 Å². The van der Waals surface area contributed by atoms with E-state index in [-0.39, 0.29) is 24.8 Å². The SMILES string of the molecule is C=Cc1c(C)c2cc3cc(C)c(cc4nc(cc5nc(cc1[nH]2)C(C)=C5CCC(=O)OC)C(CCC(=O)OC)=C4C)[nH]3. The molecule has 0 spiro atoms. The predicted octanol–water partition coefficient (Wildman–Crippen LogP) is 7.34. The fourth-order valence-electron chi connectivity index (χ4n) is 5.63. The van der Waals surface area contributed by atoms with Crippen LogP contribution in [0.4, 0.5) is 0 Å². The molecule has 2 N–H and O–H groups in total. The first-order chi connectivity index (χ1) is 20.1. The number of aromatic nitrogens is 4. The minimum Gasteiger partial charge on any atom is -0.469 e. The zero-order valence-corrected chi connectivity index (χ0v) is 25.0. The topological polar surface area (TPSA) is 110 Å². The van der Waals surface area contributed by atoms with E-state index < -0.39 is 0 Å². The minimum absolute atomic E-state index is 0.234. The first-order valence-electron chi connectivity index (χ1n) is 14.0. The number of aryl methyl sites for hydroxylation is 2. The Morgan fingerprint density at radius 2 is 1.29 bits per heavy atom. The third-order valence-corrected chi connectivity index (χ3v) is 8.17. The van der Waals surface area contributed by atoms with Gasteiger partial charge in [-0.1, -0.05) is 12.7 Å². The van der Waals surface area contributed by atoms with Crippen LogP contribution in [0, 0.1) is 13.8 Å². The normalized spacial score (nSPS) is 13.0. The van der Waals surface area contributed by atoms with Gasteiger partial charge in [0, 0.05) is 40.5 Å². The molecule has 0 saturated heterocycles. The van der Waals surface area contributed by atoms with Crippen LogP contribution in [-0.4, -0.2) is 46.1 Å². The Hall–Kier alpha value is -4.72. The molecule has 0 unspecified atom stereocenters. The lowest BCUT2D eigenvalue weighted by molar-refractivity contribution is -0.141. The number of aromatic amines is 2. The van der Waals surface area contributed by atoms with Gasteiger partial charge >= 0.3 is 11.9 Å². The second kappa shape index (κ2) is 11.6. The molecule has 5 rings (SSSR count). The van der Waals surface area contributed by atoms with Gasteiger partial charge in [0.05, 0.1) is 37.0 Å². The highest BCUT2D eigenvalue weighted by Gasteiger charge is 2.22. The number of methoxy groups -OCH3 is 2. The Labute approximate surface area is 245 Å². The van der Waals surface area contributed by atoms with E-state index in [1.54, 1.807) is 0 Å². The molecule has 0 fully saturated rings. The molecule has 0 aliphatic carbocycles. The molecular formula is C34H36N4O4. The summed E-state index contributed by atoms with van der Waals surface area (Å²) in [5, 5.41) is 0. The van der Waals surface area contributed by atoms with Crippen LogP contribution in [0.3, 0.4) is 0 Å². The second-order valence-corrected chi connectivity index (χ2v) is 10.7. The molecule has 0 atom stereocenters. The highest BCUT2D eigenvalue weighted by Crippen LogP contribution is 2.38. The van der Waals surface area contributed by atoms with E-state index in [1.165, 1.54) is 14.2 Å². The van der Waals surface area contributed by atoms with Gasteiger partial charge < -0.3 is 19.4 Å². The van der Waals surface area contributed by atoms with Crippen molar-refractivity contribution in [2.45, 2.75) is 53.4 Å². The molecule has 8 heteroatoms. The molecule has 0 saturated carbocycles. The van der Waals surface area contributed by atoms with Gasteiger partial charge in [0.25, 0.3) is 0 Å². The molecule has 0 amide bonds. The molecule has 3 aromatic rings. The number of carbonyl (C=O) groups is 2. The van der Waals surface area contributed by atoms with Crippen molar-refractivity contribution in [1.29, 1.82) is 0 Å². The van der Waals surface area contributed by atoms with Crippen molar-refractivity contribution >= 4 is 62.4 Å². The molecule has 216 valence electrons. The molecule has 8 nitrogen and oxygen atoms in total. The van der Waals surface area contributed by atoms with Gasteiger partial charge in [0.2, 0.25) is 0 Å². The highest BCUT2D eigenvalue weighted by atomic mass is 16.5. The summed E-state index contributed by atoms with van der Waals surface area (Å²) >= 11 is 0. The smallest absolute Gasteiger partial charge is 0.305 e. The number of hydrogen-bond acceptors (Lipinski definition) is 6. The number of ether oxygens (including phenoxy) is 2. The number of hydrogen-bond donors (Lipinski definition) is 2. The first-order valence-corrected chi connectivity index (χ1v) is 14.0. The number of nitrogens with one attached hydrogen (secondary N) is 2. The Kier molecular flexibility index (Phi) is 7.98. The lowest BCUT2D eigenvalue weighted by Gasteiger charge is -2.06. The van der Waals surface area contributed by atoms with E-state index in [4.69, 9.17) is 19.4 Å². The average Bonchev–Trinajstić information content (AvgIpc) is 3.65. The third-order valence-electron chi connectivity index (χ3n) is 8.17. The molecule has 2 aliphatic heterocycles. The molecule has 42 heavy (non-hydrogen) atoms. The van der Waals surface area contributed by atoms with Crippen LogP contribution in [-0.2, 0) is 19.1 Å². The van der Waals surface area contributed by atoms with Crippen LogP contribution in [0.15, 0.2) is 36.9 Å². The summed E-state index contributed by atoms with van der Waals surface area (Å²) in [7, 11) is 2.79. The lowest BCUT2D eigenvalue weighted by atomic mass is 9.98. The van der Waals surface area contributed by atoms with Crippen molar-refractivity contribution in [3.05, 3.63) is 76.4 Å². The Morgan fingerprint density at radius 1 is 0.738 bits per heavy atom. The van der Waals surface area contributed by atoms with Crippen molar-refractivity contribution in [3.63, 3.8) is 0 Å². The van der Waals surface area contributed by atoms with Crippen LogP contribution >= 0.6 is 0 Å². The molecule has 5 heterocycles. The van der Waals surface area contributed by atoms with Crippen molar-refractivity contribution in [2.24, 2.45) is 0 Å². The van der Waals surface area contributed by atoms with Gasteiger partial charge in [-0.25, -0.2) is 9.97 Å². The number of allylic oxidation sites excluding steroid dienone is 4. The predicted molar refractivity (Wildman–Crippen MR) is 168 cm³/mol. The Morgan fingerprint density at radius 3 is 1.81 bits per heavy atom. The molecule has 0 radical (unpaired) electrons. The van der Waals surface area contributed by atoms with E-state index in [2.05, 4.69) is 48.6 Å². The van der Waals surface area contributed by atoms with Crippen LogP contribution in [0.25, 0.3) is 50.4 Å². The largest absolute Gasteiger partial charge is 0.469 e. The van der Waals surface area contributed by atoms with Crippen LogP contribution in [0.5, 0.6) is 0 Å². The number of esters is 2. The van der Waals surface area contributed by atoms with E-state index in [0.29, 0.717) is 12.8 Å². The van der Waals surface area contributed by atoms with Crippen molar-refractivity contribution in [2.75, 3.05) is 14.2 Å². The van der Waals surface area contributed by atoms with Gasteiger partial charge in [0.15, 0.2) is 0 Å². The van der Waals surface area contributed by atoms with Crippen molar-refractivity contribution in [3.8, 4) is 0 Å². The maximum absolute atomic E-state index is 12.1. The van der Waals surface area contributed by atoms with Crippen molar-refractivity contribution < 1.29 is 19.1 Å². The number of H-pyrrole nitrogens is 2.